The number of amides is 1. The summed E-state index contributed by atoms with van der Waals surface area (Å²) >= 11 is 0. The van der Waals surface area contributed by atoms with Gasteiger partial charge < -0.3 is 14.8 Å². The van der Waals surface area contributed by atoms with E-state index in [2.05, 4.69) is 19.2 Å². The van der Waals surface area contributed by atoms with Crippen molar-refractivity contribution in [2.45, 2.75) is 26.7 Å². The van der Waals surface area contributed by atoms with Gasteiger partial charge in [0.25, 0.3) is 0 Å². The minimum atomic E-state index is -0.173. The van der Waals surface area contributed by atoms with E-state index in [1.807, 2.05) is 43.3 Å². The van der Waals surface area contributed by atoms with Crippen molar-refractivity contribution in [2.75, 3.05) is 19.5 Å². The summed E-state index contributed by atoms with van der Waals surface area (Å²) in [6.45, 7) is 6.16. The number of ether oxygens (including phenoxy) is 2. The molecule has 1 amide bonds. The first kappa shape index (κ1) is 18.6. The quantitative estimate of drug-likeness (QED) is 0.764. The Morgan fingerprint density at radius 1 is 1.04 bits per heavy atom. The van der Waals surface area contributed by atoms with Crippen molar-refractivity contribution in [1.29, 1.82) is 0 Å². The maximum Gasteiger partial charge on any atom is 0.248 e. The summed E-state index contributed by atoms with van der Waals surface area (Å²) in [4.78, 5) is 12.3. The van der Waals surface area contributed by atoms with E-state index in [1.165, 1.54) is 5.56 Å². The number of carbonyl (C=O) groups is 1. The highest BCUT2D eigenvalue weighted by molar-refractivity contribution is 6.04. The lowest BCUT2D eigenvalue weighted by Gasteiger charge is -2.11. The lowest BCUT2D eigenvalue weighted by Crippen LogP contribution is -2.08. The standard InChI is InChI=1S/C21H25NO3/c1-14(2)16-6-8-17(9-7-16)22-21(23)12-15(3)19-11-10-18(24-4)13-20(19)25-5/h6-14H,1-5H3,(H,22,23)/b15-12+. The molecule has 0 saturated carbocycles. The topological polar surface area (TPSA) is 47.6 Å². The molecule has 132 valence electrons. The van der Waals surface area contributed by atoms with Crippen LogP contribution in [0.15, 0.2) is 48.5 Å². The first-order valence-corrected chi connectivity index (χ1v) is 8.26. The van der Waals surface area contributed by atoms with Crippen LogP contribution in [0.25, 0.3) is 5.57 Å². The van der Waals surface area contributed by atoms with E-state index in [4.69, 9.17) is 9.47 Å². The molecule has 2 rings (SSSR count). The van der Waals surface area contributed by atoms with Crippen molar-refractivity contribution in [2.24, 2.45) is 0 Å². The summed E-state index contributed by atoms with van der Waals surface area (Å²) in [5.74, 6) is 1.67. The molecule has 4 nitrogen and oxygen atoms in total. The Balaban J connectivity index is 2.14. The van der Waals surface area contributed by atoms with Gasteiger partial charge in [-0.2, -0.15) is 0 Å². The molecule has 0 bridgehead atoms. The molecule has 0 aliphatic rings. The number of hydrogen-bond donors (Lipinski definition) is 1. The molecule has 0 aromatic heterocycles. The average Bonchev–Trinajstić information content (AvgIpc) is 2.61. The smallest absolute Gasteiger partial charge is 0.248 e. The van der Waals surface area contributed by atoms with E-state index in [0.29, 0.717) is 17.4 Å². The summed E-state index contributed by atoms with van der Waals surface area (Å²) in [7, 11) is 3.21. The molecule has 0 heterocycles. The second-order valence-electron chi connectivity index (χ2n) is 6.16. The summed E-state index contributed by atoms with van der Waals surface area (Å²) in [6.07, 6.45) is 1.57. The monoisotopic (exact) mass is 339 g/mol. The maximum absolute atomic E-state index is 12.3. The van der Waals surface area contributed by atoms with Crippen molar-refractivity contribution in [3.05, 3.63) is 59.7 Å². The SMILES string of the molecule is COc1ccc(/C(C)=C/C(=O)Nc2ccc(C(C)C)cc2)c(OC)c1. The Kier molecular flexibility index (Phi) is 6.23. The van der Waals surface area contributed by atoms with Crippen LogP contribution in [0.1, 0.15) is 37.8 Å². The first-order valence-electron chi connectivity index (χ1n) is 8.26. The molecule has 1 N–H and O–H groups in total. The van der Waals surface area contributed by atoms with Crippen molar-refractivity contribution in [3.63, 3.8) is 0 Å². The van der Waals surface area contributed by atoms with Gasteiger partial charge in [-0.3, -0.25) is 4.79 Å². The molecular weight excluding hydrogens is 314 g/mol. The number of benzene rings is 2. The van der Waals surface area contributed by atoms with E-state index in [1.54, 1.807) is 26.4 Å². The van der Waals surface area contributed by atoms with Gasteiger partial charge in [0.2, 0.25) is 5.91 Å². The highest BCUT2D eigenvalue weighted by atomic mass is 16.5. The van der Waals surface area contributed by atoms with Crippen LogP contribution in [0.5, 0.6) is 11.5 Å². The van der Waals surface area contributed by atoms with Crippen LogP contribution in [-0.4, -0.2) is 20.1 Å². The molecule has 0 aliphatic heterocycles. The van der Waals surface area contributed by atoms with E-state index < -0.39 is 0 Å². The highest BCUT2D eigenvalue weighted by Gasteiger charge is 2.09. The molecule has 0 radical (unpaired) electrons. The second kappa shape index (κ2) is 8.38. The lowest BCUT2D eigenvalue weighted by atomic mass is 10.0. The Hall–Kier alpha value is -2.75. The third-order valence-corrected chi connectivity index (χ3v) is 4.03. The lowest BCUT2D eigenvalue weighted by molar-refractivity contribution is -0.111. The van der Waals surface area contributed by atoms with Crippen molar-refractivity contribution in [1.82, 2.24) is 0 Å². The average molecular weight is 339 g/mol. The van der Waals surface area contributed by atoms with Crippen LogP contribution in [0.2, 0.25) is 0 Å². The number of anilines is 1. The zero-order chi connectivity index (χ0) is 18.4. The van der Waals surface area contributed by atoms with Gasteiger partial charge in [-0.25, -0.2) is 0 Å². The fourth-order valence-electron chi connectivity index (χ4n) is 2.53. The Morgan fingerprint density at radius 2 is 1.72 bits per heavy atom. The van der Waals surface area contributed by atoms with Crippen LogP contribution in [0, 0.1) is 0 Å². The molecule has 0 atom stereocenters. The summed E-state index contributed by atoms with van der Waals surface area (Å²) in [6, 6.07) is 13.4. The summed E-state index contributed by atoms with van der Waals surface area (Å²) < 4.78 is 10.6. The van der Waals surface area contributed by atoms with Gasteiger partial charge in [-0.15, -0.1) is 0 Å². The summed E-state index contributed by atoms with van der Waals surface area (Å²) in [5, 5.41) is 2.89. The fraction of sp³-hybridized carbons (Fsp3) is 0.286. The molecule has 25 heavy (non-hydrogen) atoms. The largest absolute Gasteiger partial charge is 0.497 e. The molecule has 0 aliphatic carbocycles. The van der Waals surface area contributed by atoms with E-state index in [0.717, 1.165) is 16.8 Å². The number of hydrogen-bond acceptors (Lipinski definition) is 3. The molecule has 4 heteroatoms. The molecule has 2 aromatic carbocycles. The molecule has 2 aromatic rings. The third-order valence-electron chi connectivity index (χ3n) is 4.03. The second-order valence-corrected chi connectivity index (χ2v) is 6.16. The normalized spacial score (nSPS) is 11.4. The Bertz CT molecular complexity index is 761. The van der Waals surface area contributed by atoms with Gasteiger partial charge in [-0.1, -0.05) is 26.0 Å². The molecule has 0 fully saturated rings. The van der Waals surface area contributed by atoms with Crippen LogP contribution < -0.4 is 14.8 Å². The fourth-order valence-corrected chi connectivity index (χ4v) is 2.53. The zero-order valence-electron chi connectivity index (χ0n) is 15.4. The first-order chi connectivity index (χ1) is 11.9. The Morgan fingerprint density at radius 3 is 2.28 bits per heavy atom. The molecule has 0 unspecified atom stereocenters. The predicted molar refractivity (Wildman–Crippen MR) is 102 cm³/mol. The van der Waals surface area contributed by atoms with E-state index >= 15 is 0 Å². The zero-order valence-corrected chi connectivity index (χ0v) is 15.4. The molecular formula is C21H25NO3. The van der Waals surface area contributed by atoms with Crippen LogP contribution in [0.4, 0.5) is 5.69 Å². The molecule has 0 saturated heterocycles. The number of carbonyl (C=O) groups excluding carboxylic acids is 1. The van der Waals surface area contributed by atoms with Gasteiger partial charge in [-0.05, 0) is 48.2 Å². The van der Waals surface area contributed by atoms with Gasteiger partial charge in [0.15, 0.2) is 0 Å². The van der Waals surface area contributed by atoms with Crippen molar-refractivity contribution < 1.29 is 14.3 Å². The van der Waals surface area contributed by atoms with Gasteiger partial charge in [0.1, 0.15) is 11.5 Å². The number of allylic oxidation sites excluding steroid dienone is 1. The minimum absolute atomic E-state index is 0.173. The van der Waals surface area contributed by atoms with Crippen molar-refractivity contribution in [3.8, 4) is 11.5 Å². The molecule has 0 spiro atoms. The van der Waals surface area contributed by atoms with Gasteiger partial charge >= 0.3 is 0 Å². The van der Waals surface area contributed by atoms with E-state index in [9.17, 15) is 4.79 Å². The minimum Gasteiger partial charge on any atom is -0.497 e. The van der Waals surface area contributed by atoms with Gasteiger partial charge in [0.05, 0.1) is 14.2 Å². The van der Waals surface area contributed by atoms with Crippen LogP contribution in [0.3, 0.4) is 0 Å². The highest BCUT2D eigenvalue weighted by Crippen LogP contribution is 2.30. The Labute approximate surface area is 149 Å². The number of methoxy groups -OCH3 is 2. The predicted octanol–water partition coefficient (Wildman–Crippen LogP) is 4.87. The van der Waals surface area contributed by atoms with Crippen LogP contribution in [-0.2, 0) is 4.79 Å². The van der Waals surface area contributed by atoms with Crippen molar-refractivity contribution >= 4 is 17.2 Å². The number of nitrogens with one attached hydrogen (secondary N) is 1. The third kappa shape index (κ3) is 4.86. The van der Waals surface area contributed by atoms with E-state index in [-0.39, 0.29) is 5.91 Å². The summed E-state index contributed by atoms with van der Waals surface area (Å²) in [5.41, 5.74) is 3.69. The maximum atomic E-state index is 12.3. The van der Waals surface area contributed by atoms with Gasteiger partial charge in [0, 0.05) is 23.4 Å². The van der Waals surface area contributed by atoms with Crippen LogP contribution >= 0.6 is 0 Å². The number of rotatable bonds is 6.